The SMILES string of the molecule is C=Cc1cccc(C)c1/C=C\C(=C)C. The summed E-state index contributed by atoms with van der Waals surface area (Å²) in [6.07, 6.45) is 6.00. The van der Waals surface area contributed by atoms with Crippen molar-refractivity contribution in [2.75, 3.05) is 0 Å². The lowest BCUT2D eigenvalue weighted by Crippen LogP contribution is -1.85. The van der Waals surface area contributed by atoms with E-state index in [1.54, 1.807) is 0 Å². The first-order valence-electron chi connectivity index (χ1n) is 4.71. The molecule has 0 N–H and O–H groups in total. The van der Waals surface area contributed by atoms with Crippen LogP contribution in [-0.2, 0) is 0 Å². The molecule has 0 amide bonds. The molecule has 1 rings (SSSR count). The van der Waals surface area contributed by atoms with Crippen molar-refractivity contribution in [2.45, 2.75) is 13.8 Å². The molecule has 0 saturated carbocycles. The van der Waals surface area contributed by atoms with E-state index in [0.29, 0.717) is 0 Å². The van der Waals surface area contributed by atoms with Gasteiger partial charge in [-0.1, -0.05) is 55.2 Å². The third kappa shape index (κ3) is 2.46. The molecule has 0 aromatic heterocycles. The van der Waals surface area contributed by atoms with Gasteiger partial charge in [-0.05, 0) is 30.5 Å². The highest BCUT2D eigenvalue weighted by Crippen LogP contribution is 2.17. The molecule has 14 heavy (non-hydrogen) atoms. The zero-order valence-electron chi connectivity index (χ0n) is 8.88. The van der Waals surface area contributed by atoms with Gasteiger partial charge in [-0.2, -0.15) is 0 Å². The van der Waals surface area contributed by atoms with Gasteiger partial charge in [0.15, 0.2) is 0 Å². The molecule has 0 bridgehead atoms. The van der Waals surface area contributed by atoms with Crippen LogP contribution in [-0.4, -0.2) is 0 Å². The van der Waals surface area contributed by atoms with E-state index in [9.17, 15) is 0 Å². The third-order valence-electron chi connectivity index (χ3n) is 2.11. The zero-order valence-corrected chi connectivity index (χ0v) is 8.88. The van der Waals surface area contributed by atoms with Gasteiger partial charge in [-0.15, -0.1) is 0 Å². The van der Waals surface area contributed by atoms with E-state index in [2.05, 4.69) is 38.3 Å². The molecule has 0 atom stereocenters. The zero-order chi connectivity index (χ0) is 10.6. The van der Waals surface area contributed by atoms with E-state index in [-0.39, 0.29) is 0 Å². The fourth-order valence-electron chi connectivity index (χ4n) is 1.33. The highest BCUT2D eigenvalue weighted by atomic mass is 14.0. The molecule has 1 aromatic rings. The summed E-state index contributed by atoms with van der Waals surface area (Å²) in [4.78, 5) is 0. The Labute approximate surface area is 86.3 Å². The van der Waals surface area contributed by atoms with Crippen LogP contribution in [0.15, 0.2) is 43.0 Å². The van der Waals surface area contributed by atoms with Gasteiger partial charge < -0.3 is 0 Å². The summed E-state index contributed by atoms with van der Waals surface area (Å²) >= 11 is 0. The highest BCUT2D eigenvalue weighted by molar-refractivity contribution is 5.68. The smallest absolute Gasteiger partial charge is 0.0155 e. The maximum Gasteiger partial charge on any atom is -0.0155 e. The lowest BCUT2D eigenvalue weighted by molar-refractivity contribution is 1.42. The van der Waals surface area contributed by atoms with Gasteiger partial charge in [0.05, 0.1) is 0 Å². The molecule has 0 aliphatic carbocycles. The maximum absolute atomic E-state index is 3.84. The quantitative estimate of drug-likeness (QED) is 0.617. The topological polar surface area (TPSA) is 0 Å². The Balaban J connectivity index is 3.17. The Bertz CT molecular complexity index is 381. The minimum atomic E-state index is 1.06. The summed E-state index contributed by atoms with van der Waals surface area (Å²) in [6, 6.07) is 6.22. The molecule has 0 heterocycles. The van der Waals surface area contributed by atoms with Gasteiger partial charge in [0.1, 0.15) is 0 Å². The van der Waals surface area contributed by atoms with Gasteiger partial charge in [0.2, 0.25) is 0 Å². The van der Waals surface area contributed by atoms with Crippen LogP contribution in [0.5, 0.6) is 0 Å². The van der Waals surface area contributed by atoms with Crippen molar-refractivity contribution in [3.05, 3.63) is 59.7 Å². The fraction of sp³-hybridized carbons (Fsp3) is 0.143. The fourth-order valence-corrected chi connectivity index (χ4v) is 1.33. The molecule has 0 saturated heterocycles. The second-order valence-electron chi connectivity index (χ2n) is 3.46. The van der Waals surface area contributed by atoms with Crippen molar-refractivity contribution in [2.24, 2.45) is 0 Å². The van der Waals surface area contributed by atoms with Gasteiger partial charge in [0.25, 0.3) is 0 Å². The molecule has 0 unspecified atom stereocenters. The van der Waals surface area contributed by atoms with E-state index in [1.165, 1.54) is 16.7 Å². The Morgan fingerprint density at radius 1 is 1.36 bits per heavy atom. The number of rotatable bonds is 3. The first-order valence-corrected chi connectivity index (χ1v) is 4.71. The van der Waals surface area contributed by atoms with E-state index < -0.39 is 0 Å². The van der Waals surface area contributed by atoms with Gasteiger partial charge in [-0.25, -0.2) is 0 Å². The Morgan fingerprint density at radius 2 is 2.07 bits per heavy atom. The molecule has 1 aromatic carbocycles. The molecule has 0 radical (unpaired) electrons. The average Bonchev–Trinajstić information content (AvgIpc) is 2.15. The molecule has 0 fully saturated rings. The largest absolute Gasteiger partial charge is 0.0984 e. The van der Waals surface area contributed by atoms with Crippen LogP contribution in [0.25, 0.3) is 12.2 Å². The summed E-state index contributed by atoms with van der Waals surface area (Å²) in [5.74, 6) is 0. The minimum Gasteiger partial charge on any atom is -0.0984 e. The predicted octanol–water partition coefficient (Wildman–Crippen LogP) is 4.23. The Kier molecular flexibility index (Phi) is 3.47. The molecule has 0 aliphatic heterocycles. The lowest BCUT2D eigenvalue weighted by Gasteiger charge is -2.04. The van der Waals surface area contributed by atoms with Crippen LogP contribution in [0.1, 0.15) is 23.6 Å². The van der Waals surface area contributed by atoms with Crippen molar-refractivity contribution in [1.82, 2.24) is 0 Å². The number of benzene rings is 1. The molecular formula is C14H16. The number of hydrogen-bond acceptors (Lipinski definition) is 0. The minimum absolute atomic E-state index is 1.06. The van der Waals surface area contributed by atoms with Gasteiger partial charge >= 0.3 is 0 Å². The maximum atomic E-state index is 3.84. The number of aryl methyl sites for hydroxylation is 1. The number of allylic oxidation sites excluding steroid dienone is 2. The molecule has 0 heteroatoms. The van der Waals surface area contributed by atoms with Crippen LogP contribution in [0.4, 0.5) is 0 Å². The standard InChI is InChI=1S/C14H16/c1-5-13-8-6-7-12(4)14(13)10-9-11(2)3/h5-10H,1-2H2,3-4H3/b10-9-. The first-order chi connectivity index (χ1) is 6.65. The molecule has 72 valence electrons. The summed E-state index contributed by atoms with van der Waals surface area (Å²) in [5, 5.41) is 0. The summed E-state index contributed by atoms with van der Waals surface area (Å²) < 4.78 is 0. The van der Waals surface area contributed by atoms with Gasteiger partial charge in [0, 0.05) is 0 Å². The van der Waals surface area contributed by atoms with E-state index in [4.69, 9.17) is 0 Å². The van der Waals surface area contributed by atoms with Crippen molar-refractivity contribution in [1.29, 1.82) is 0 Å². The second kappa shape index (κ2) is 4.61. The highest BCUT2D eigenvalue weighted by Gasteiger charge is 1.97. The van der Waals surface area contributed by atoms with Crippen LogP contribution in [0.3, 0.4) is 0 Å². The van der Waals surface area contributed by atoms with Crippen molar-refractivity contribution >= 4 is 12.2 Å². The first kappa shape index (κ1) is 10.5. The predicted molar refractivity (Wildman–Crippen MR) is 65.1 cm³/mol. The van der Waals surface area contributed by atoms with Crippen molar-refractivity contribution < 1.29 is 0 Å². The molecular weight excluding hydrogens is 168 g/mol. The van der Waals surface area contributed by atoms with Crippen LogP contribution < -0.4 is 0 Å². The van der Waals surface area contributed by atoms with Crippen molar-refractivity contribution in [3.63, 3.8) is 0 Å². The van der Waals surface area contributed by atoms with Crippen molar-refractivity contribution in [3.8, 4) is 0 Å². The summed E-state index contributed by atoms with van der Waals surface area (Å²) in [5.41, 5.74) is 4.72. The summed E-state index contributed by atoms with van der Waals surface area (Å²) in [6.45, 7) is 11.7. The van der Waals surface area contributed by atoms with Crippen LogP contribution in [0, 0.1) is 6.92 Å². The summed E-state index contributed by atoms with van der Waals surface area (Å²) in [7, 11) is 0. The molecule has 0 spiro atoms. The second-order valence-corrected chi connectivity index (χ2v) is 3.46. The van der Waals surface area contributed by atoms with Crippen LogP contribution in [0.2, 0.25) is 0 Å². The van der Waals surface area contributed by atoms with E-state index in [1.807, 2.05) is 25.1 Å². The van der Waals surface area contributed by atoms with Crippen LogP contribution >= 0.6 is 0 Å². The number of hydrogen-bond donors (Lipinski definition) is 0. The molecule has 0 nitrogen and oxygen atoms in total. The Morgan fingerprint density at radius 3 is 2.64 bits per heavy atom. The van der Waals surface area contributed by atoms with Gasteiger partial charge in [-0.3, -0.25) is 0 Å². The monoisotopic (exact) mass is 184 g/mol. The normalized spacial score (nSPS) is 10.4. The average molecular weight is 184 g/mol. The lowest BCUT2D eigenvalue weighted by atomic mass is 10.0. The third-order valence-corrected chi connectivity index (χ3v) is 2.11. The molecule has 0 aliphatic rings. The Hall–Kier alpha value is -1.56. The van der Waals surface area contributed by atoms with E-state index in [0.717, 1.165) is 5.57 Å². The van der Waals surface area contributed by atoms with E-state index >= 15 is 0 Å².